The SMILES string of the molecule is CCN1CC[C@H]2c3ccc4c(c3CC[C@@H]21)OCO4.Cl.Cl.c1cc2c(c3c1OCO3)CC[C@@H]1NCC[C@@H]21. The minimum Gasteiger partial charge on any atom is -0.454 e. The van der Waals surface area contributed by atoms with Gasteiger partial charge in [-0.1, -0.05) is 19.1 Å². The summed E-state index contributed by atoms with van der Waals surface area (Å²) in [6.45, 7) is 6.64. The largest absolute Gasteiger partial charge is 0.454 e. The molecule has 2 aromatic carbocycles. The van der Waals surface area contributed by atoms with Crippen LogP contribution in [0, 0.1) is 0 Å². The van der Waals surface area contributed by atoms with Crippen LogP contribution >= 0.6 is 24.8 Å². The van der Waals surface area contributed by atoms with Crippen LogP contribution in [-0.4, -0.2) is 50.2 Å². The van der Waals surface area contributed by atoms with Crippen molar-refractivity contribution >= 4 is 24.8 Å². The average Bonchev–Trinajstić information content (AvgIpc) is 3.67. The predicted molar refractivity (Wildman–Crippen MR) is 144 cm³/mol. The van der Waals surface area contributed by atoms with Gasteiger partial charge in [0, 0.05) is 35.0 Å². The van der Waals surface area contributed by atoms with Gasteiger partial charge in [0.1, 0.15) is 0 Å². The first-order valence-corrected chi connectivity index (χ1v) is 13.1. The Morgan fingerprint density at radius 3 is 2.08 bits per heavy atom. The van der Waals surface area contributed by atoms with Crippen molar-refractivity contribution in [2.45, 2.75) is 69.4 Å². The van der Waals surface area contributed by atoms with Gasteiger partial charge in [-0.05, 0) is 81.4 Å². The van der Waals surface area contributed by atoms with Crippen LogP contribution < -0.4 is 24.3 Å². The Morgan fingerprint density at radius 2 is 1.42 bits per heavy atom. The minimum atomic E-state index is 0. The maximum atomic E-state index is 5.66. The lowest BCUT2D eigenvalue weighted by molar-refractivity contribution is 0.172. The Labute approximate surface area is 225 Å². The molecule has 2 fully saturated rings. The number of likely N-dealkylation sites (N-methyl/N-ethyl adjacent to an activating group) is 1. The highest BCUT2D eigenvalue weighted by molar-refractivity contribution is 5.85. The van der Waals surface area contributed by atoms with Crippen molar-refractivity contribution in [1.82, 2.24) is 10.2 Å². The highest BCUT2D eigenvalue weighted by Gasteiger charge is 2.40. The third kappa shape index (κ3) is 4.10. The highest BCUT2D eigenvalue weighted by atomic mass is 35.5. The molecular weight excluding hydrogens is 499 g/mol. The highest BCUT2D eigenvalue weighted by Crippen LogP contribution is 2.48. The summed E-state index contributed by atoms with van der Waals surface area (Å²) in [5.74, 6) is 5.32. The van der Waals surface area contributed by atoms with E-state index in [-0.39, 0.29) is 24.8 Å². The molecule has 0 bridgehead atoms. The topological polar surface area (TPSA) is 52.2 Å². The molecule has 4 atom stereocenters. The summed E-state index contributed by atoms with van der Waals surface area (Å²) in [5.41, 5.74) is 5.83. The van der Waals surface area contributed by atoms with Crippen LogP contribution in [0.15, 0.2) is 24.3 Å². The number of rotatable bonds is 1. The summed E-state index contributed by atoms with van der Waals surface area (Å²) in [6.07, 6.45) is 7.32. The summed E-state index contributed by atoms with van der Waals surface area (Å²) in [7, 11) is 0. The summed E-state index contributed by atoms with van der Waals surface area (Å²) in [6, 6.07) is 10.1. The Bertz CT molecular complexity index is 1110. The Balaban J connectivity index is 0.000000141. The van der Waals surface area contributed by atoms with Crippen LogP contribution in [0.2, 0.25) is 0 Å². The van der Waals surface area contributed by atoms with Crippen LogP contribution in [0.3, 0.4) is 0 Å². The smallest absolute Gasteiger partial charge is 0.231 e. The van der Waals surface area contributed by atoms with Crippen LogP contribution in [0.4, 0.5) is 0 Å². The molecular formula is C28H36Cl2N2O4. The number of nitrogens with one attached hydrogen (secondary N) is 1. The zero-order valence-electron chi connectivity index (χ0n) is 20.8. The van der Waals surface area contributed by atoms with E-state index >= 15 is 0 Å². The van der Waals surface area contributed by atoms with Crippen molar-refractivity contribution in [3.05, 3.63) is 46.5 Å². The molecule has 0 spiro atoms. The third-order valence-corrected chi connectivity index (χ3v) is 8.97. The first-order valence-electron chi connectivity index (χ1n) is 13.1. The van der Waals surface area contributed by atoms with Crippen molar-refractivity contribution < 1.29 is 18.9 Å². The maximum Gasteiger partial charge on any atom is 0.231 e. The van der Waals surface area contributed by atoms with Crippen molar-refractivity contribution in [2.24, 2.45) is 0 Å². The van der Waals surface area contributed by atoms with Crippen LogP contribution in [0.25, 0.3) is 0 Å². The van der Waals surface area contributed by atoms with E-state index in [9.17, 15) is 0 Å². The van der Waals surface area contributed by atoms with Gasteiger partial charge in [-0.15, -0.1) is 24.8 Å². The molecule has 0 saturated carbocycles. The Hall–Kier alpha value is -1.86. The lowest BCUT2D eigenvalue weighted by atomic mass is 9.79. The van der Waals surface area contributed by atoms with Crippen LogP contribution in [0.1, 0.15) is 66.7 Å². The zero-order chi connectivity index (χ0) is 22.6. The van der Waals surface area contributed by atoms with Gasteiger partial charge in [-0.25, -0.2) is 0 Å². The van der Waals surface area contributed by atoms with E-state index in [0.29, 0.717) is 31.5 Å². The lowest BCUT2D eigenvalue weighted by Gasteiger charge is -2.33. The molecule has 2 aliphatic carbocycles. The zero-order valence-corrected chi connectivity index (χ0v) is 22.4. The number of fused-ring (bicyclic) bond motifs is 10. The molecule has 0 amide bonds. The minimum absolute atomic E-state index is 0. The average molecular weight is 536 g/mol. The molecule has 2 saturated heterocycles. The van der Waals surface area contributed by atoms with E-state index in [2.05, 4.69) is 41.4 Å². The monoisotopic (exact) mass is 534 g/mol. The fourth-order valence-corrected chi connectivity index (χ4v) is 7.39. The molecule has 6 nitrogen and oxygen atoms in total. The number of hydrogen-bond donors (Lipinski definition) is 1. The fourth-order valence-electron chi connectivity index (χ4n) is 7.39. The normalized spacial score (nSPS) is 27.9. The molecule has 6 aliphatic rings. The van der Waals surface area contributed by atoms with Crippen molar-refractivity contribution in [2.75, 3.05) is 33.2 Å². The maximum absolute atomic E-state index is 5.66. The molecule has 8 rings (SSSR count). The van der Waals surface area contributed by atoms with Gasteiger partial charge in [0.15, 0.2) is 23.0 Å². The summed E-state index contributed by atoms with van der Waals surface area (Å²) < 4.78 is 22.2. The summed E-state index contributed by atoms with van der Waals surface area (Å²) >= 11 is 0. The van der Waals surface area contributed by atoms with E-state index in [1.165, 1.54) is 61.0 Å². The number of halogens is 2. The second-order valence-electron chi connectivity index (χ2n) is 10.4. The molecule has 1 N–H and O–H groups in total. The fraction of sp³-hybridized carbons (Fsp3) is 0.571. The van der Waals surface area contributed by atoms with Gasteiger partial charge >= 0.3 is 0 Å². The Kier molecular flexibility index (Phi) is 7.51. The van der Waals surface area contributed by atoms with Gasteiger partial charge in [-0.3, -0.25) is 0 Å². The molecule has 4 heterocycles. The molecule has 0 unspecified atom stereocenters. The van der Waals surface area contributed by atoms with Crippen molar-refractivity contribution in [1.29, 1.82) is 0 Å². The van der Waals surface area contributed by atoms with E-state index in [0.717, 1.165) is 48.4 Å². The number of benzene rings is 2. The molecule has 196 valence electrons. The van der Waals surface area contributed by atoms with Crippen LogP contribution in [-0.2, 0) is 12.8 Å². The van der Waals surface area contributed by atoms with Gasteiger partial charge in [0.25, 0.3) is 0 Å². The van der Waals surface area contributed by atoms with Crippen molar-refractivity contribution in [3.63, 3.8) is 0 Å². The molecule has 2 aromatic rings. The predicted octanol–water partition coefficient (Wildman–Crippen LogP) is 5.19. The lowest BCUT2D eigenvalue weighted by Crippen LogP contribution is -2.34. The van der Waals surface area contributed by atoms with E-state index in [1.807, 2.05) is 0 Å². The van der Waals surface area contributed by atoms with Gasteiger partial charge < -0.3 is 29.2 Å². The molecule has 0 radical (unpaired) electrons. The number of ether oxygens (including phenoxy) is 4. The molecule has 8 heteroatoms. The first kappa shape index (κ1) is 25.8. The quantitative estimate of drug-likeness (QED) is 0.543. The van der Waals surface area contributed by atoms with Gasteiger partial charge in [-0.2, -0.15) is 0 Å². The number of nitrogens with zero attached hydrogens (tertiary/aromatic N) is 1. The van der Waals surface area contributed by atoms with E-state index in [1.54, 1.807) is 0 Å². The van der Waals surface area contributed by atoms with Crippen molar-refractivity contribution in [3.8, 4) is 23.0 Å². The summed E-state index contributed by atoms with van der Waals surface area (Å²) in [4.78, 5) is 2.64. The summed E-state index contributed by atoms with van der Waals surface area (Å²) in [5, 5.41) is 3.60. The van der Waals surface area contributed by atoms with Gasteiger partial charge in [0.2, 0.25) is 13.6 Å². The van der Waals surface area contributed by atoms with Crippen LogP contribution in [0.5, 0.6) is 23.0 Å². The molecule has 4 aliphatic heterocycles. The number of hydrogen-bond acceptors (Lipinski definition) is 6. The second-order valence-corrected chi connectivity index (χ2v) is 10.4. The number of likely N-dealkylation sites (tertiary alicyclic amines) is 1. The van der Waals surface area contributed by atoms with E-state index in [4.69, 9.17) is 18.9 Å². The van der Waals surface area contributed by atoms with E-state index < -0.39 is 0 Å². The second kappa shape index (κ2) is 10.5. The molecule has 0 aromatic heterocycles. The standard InChI is InChI=1S/C15H19NO2.C13H15NO2.2ClH/c1-2-16-8-7-11-10-4-6-14-15(18-9-17-14)12(10)3-5-13(11)16;1-3-11-9(5-6-14-11)8-2-4-12-13(10(1)8)16-7-15-12;;/h4,6,11,13H,2-3,5,7-9H2,1H3;2,4,9,11,14H,1,3,5-7H2;2*1H/t11-,13-;9-,11-;;/m00../s1. The first-order chi connectivity index (χ1) is 16.8. The third-order valence-electron chi connectivity index (χ3n) is 8.97. The molecule has 36 heavy (non-hydrogen) atoms. The van der Waals surface area contributed by atoms with Gasteiger partial charge in [0.05, 0.1) is 0 Å². The Morgan fingerprint density at radius 1 is 0.778 bits per heavy atom.